The van der Waals surface area contributed by atoms with Gasteiger partial charge in [0.25, 0.3) is 5.91 Å². The molecule has 19 heavy (non-hydrogen) atoms. The van der Waals surface area contributed by atoms with E-state index < -0.39 is 18.0 Å². The van der Waals surface area contributed by atoms with Gasteiger partial charge in [0.1, 0.15) is 5.82 Å². The molecule has 0 aliphatic carbocycles. The van der Waals surface area contributed by atoms with Gasteiger partial charge in [-0.15, -0.1) is 0 Å². The molecule has 7 heteroatoms. The quantitative estimate of drug-likeness (QED) is 0.693. The maximum Gasteiger partial charge on any atom is 0.336 e. The summed E-state index contributed by atoms with van der Waals surface area (Å²) >= 11 is 0. The lowest BCUT2D eigenvalue weighted by molar-refractivity contribution is -0.149. The van der Waals surface area contributed by atoms with Gasteiger partial charge in [0.05, 0.1) is 13.7 Å². The van der Waals surface area contributed by atoms with E-state index in [0.717, 1.165) is 0 Å². The van der Waals surface area contributed by atoms with Crippen LogP contribution in [0.25, 0.3) is 0 Å². The average molecular weight is 267 g/mol. The Kier molecular flexibility index (Phi) is 5.25. The van der Waals surface area contributed by atoms with Crippen LogP contribution in [-0.2, 0) is 9.53 Å². The molecule has 7 nitrogen and oxygen atoms in total. The van der Waals surface area contributed by atoms with Gasteiger partial charge < -0.3 is 20.1 Å². The first kappa shape index (κ1) is 14.9. The van der Waals surface area contributed by atoms with Gasteiger partial charge in [-0.25, -0.2) is 9.78 Å². The summed E-state index contributed by atoms with van der Waals surface area (Å²) in [5.74, 6) is -0.543. The Hall–Kier alpha value is -2.15. The van der Waals surface area contributed by atoms with E-state index in [9.17, 15) is 14.7 Å². The van der Waals surface area contributed by atoms with E-state index in [1.165, 1.54) is 13.3 Å². The SMILES string of the molecule is COC(=O)C(O)CNC(=O)c1ccnc(N(C)C)c1. The largest absolute Gasteiger partial charge is 0.467 e. The lowest BCUT2D eigenvalue weighted by Crippen LogP contribution is -2.37. The molecule has 1 amide bonds. The van der Waals surface area contributed by atoms with Crippen LogP contribution in [0.2, 0.25) is 0 Å². The van der Waals surface area contributed by atoms with E-state index in [0.29, 0.717) is 11.4 Å². The highest BCUT2D eigenvalue weighted by Crippen LogP contribution is 2.09. The fourth-order valence-corrected chi connectivity index (χ4v) is 1.32. The van der Waals surface area contributed by atoms with Crippen molar-refractivity contribution in [1.82, 2.24) is 10.3 Å². The van der Waals surface area contributed by atoms with Gasteiger partial charge in [-0.3, -0.25) is 4.79 Å². The highest BCUT2D eigenvalue weighted by atomic mass is 16.5. The minimum atomic E-state index is -1.37. The van der Waals surface area contributed by atoms with Crippen molar-refractivity contribution < 1.29 is 19.4 Å². The number of nitrogens with one attached hydrogen (secondary N) is 1. The number of esters is 1. The molecule has 0 radical (unpaired) electrons. The van der Waals surface area contributed by atoms with Crippen LogP contribution >= 0.6 is 0 Å². The van der Waals surface area contributed by atoms with Crippen molar-refractivity contribution in [2.24, 2.45) is 0 Å². The molecule has 0 aromatic carbocycles. The van der Waals surface area contributed by atoms with Crippen LogP contribution in [0.3, 0.4) is 0 Å². The number of hydrogen-bond acceptors (Lipinski definition) is 6. The molecule has 0 bridgehead atoms. The van der Waals surface area contributed by atoms with Crippen molar-refractivity contribution >= 4 is 17.7 Å². The van der Waals surface area contributed by atoms with Gasteiger partial charge in [0.15, 0.2) is 6.10 Å². The molecule has 0 spiro atoms. The molecule has 2 N–H and O–H groups in total. The van der Waals surface area contributed by atoms with Crippen LogP contribution < -0.4 is 10.2 Å². The summed E-state index contributed by atoms with van der Waals surface area (Å²) in [5.41, 5.74) is 0.399. The molecule has 0 aliphatic heterocycles. The van der Waals surface area contributed by atoms with Crippen LogP contribution in [0.5, 0.6) is 0 Å². The Labute approximate surface area is 111 Å². The van der Waals surface area contributed by atoms with Gasteiger partial charge >= 0.3 is 5.97 Å². The molecule has 0 aliphatic rings. The molecule has 1 aromatic heterocycles. The van der Waals surface area contributed by atoms with Crippen LogP contribution in [0.15, 0.2) is 18.3 Å². The Bertz CT molecular complexity index is 462. The summed E-state index contributed by atoms with van der Waals surface area (Å²) < 4.78 is 4.34. The van der Waals surface area contributed by atoms with Crippen LogP contribution in [0, 0.1) is 0 Å². The molecular formula is C12H17N3O4. The lowest BCUT2D eigenvalue weighted by Gasteiger charge is -2.13. The van der Waals surface area contributed by atoms with E-state index in [1.807, 2.05) is 14.1 Å². The number of aromatic nitrogens is 1. The number of carbonyl (C=O) groups excluding carboxylic acids is 2. The van der Waals surface area contributed by atoms with Crippen molar-refractivity contribution in [2.75, 3.05) is 32.6 Å². The molecule has 0 fully saturated rings. The van der Waals surface area contributed by atoms with E-state index in [1.54, 1.807) is 17.0 Å². The Morgan fingerprint density at radius 2 is 2.21 bits per heavy atom. The second-order valence-electron chi connectivity index (χ2n) is 4.05. The maximum atomic E-state index is 11.8. The zero-order valence-corrected chi connectivity index (χ0v) is 11.1. The first-order chi connectivity index (χ1) is 8.95. The highest BCUT2D eigenvalue weighted by molar-refractivity contribution is 5.95. The standard InChI is InChI=1S/C12H17N3O4/c1-15(2)10-6-8(4-5-13-10)11(17)14-7-9(16)12(18)19-3/h4-6,9,16H,7H2,1-3H3,(H,14,17). The van der Waals surface area contributed by atoms with Gasteiger partial charge in [0.2, 0.25) is 0 Å². The maximum absolute atomic E-state index is 11.8. The van der Waals surface area contributed by atoms with Gasteiger partial charge in [-0.1, -0.05) is 0 Å². The molecule has 1 unspecified atom stereocenters. The van der Waals surface area contributed by atoms with Crippen molar-refractivity contribution in [3.63, 3.8) is 0 Å². The number of methoxy groups -OCH3 is 1. The Morgan fingerprint density at radius 1 is 1.53 bits per heavy atom. The van der Waals surface area contributed by atoms with Crippen LogP contribution in [0.4, 0.5) is 5.82 Å². The minimum Gasteiger partial charge on any atom is -0.467 e. The second-order valence-corrected chi connectivity index (χ2v) is 4.05. The minimum absolute atomic E-state index is 0.203. The van der Waals surface area contributed by atoms with E-state index in [2.05, 4.69) is 15.0 Å². The Morgan fingerprint density at radius 3 is 2.79 bits per heavy atom. The molecule has 104 valence electrons. The smallest absolute Gasteiger partial charge is 0.336 e. The van der Waals surface area contributed by atoms with Gasteiger partial charge in [-0.05, 0) is 12.1 Å². The monoisotopic (exact) mass is 267 g/mol. The summed E-state index contributed by atoms with van der Waals surface area (Å²) in [6.45, 7) is -0.203. The number of aliphatic hydroxyl groups excluding tert-OH is 1. The number of ether oxygens (including phenoxy) is 1. The normalized spacial score (nSPS) is 11.6. The summed E-state index contributed by atoms with van der Waals surface area (Å²) in [7, 11) is 4.79. The summed E-state index contributed by atoms with van der Waals surface area (Å²) in [6, 6.07) is 3.16. The lowest BCUT2D eigenvalue weighted by atomic mass is 10.2. The number of anilines is 1. The van der Waals surface area contributed by atoms with E-state index in [4.69, 9.17) is 0 Å². The molecule has 1 atom stereocenters. The fraction of sp³-hybridized carbons (Fsp3) is 0.417. The predicted molar refractivity (Wildman–Crippen MR) is 68.9 cm³/mol. The summed E-state index contributed by atoms with van der Waals surface area (Å²) in [6.07, 6.45) is 0.144. The first-order valence-corrected chi connectivity index (χ1v) is 5.63. The van der Waals surface area contributed by atoms with Gasteiger partial charge in [0, 0.05) is 25.9 Å². The molecule has 0 saturated carbocycles. The van der Waals surface area contributed by atoms with Crippen LogP contribution in [0.1, 0.15) is 10.4 Å². The zero-order valence-electron chi connectivity index (χ0n) is 11.1. The second kappa shape index (κ2) is 6.69. The Balaban J connectivity index is 2.63. The predicted octanol–water partition coefficient (Wildman–Crippen LogP) is -0.589. The van der Waals surface area contributed by atoms with Crippen LogP contribution in [-0.4, -0.2) is 55.8 Å². The number of aliphatic hydroxyl groups is 1. The van der Waals surface area contributed by atoms with Gasteiger partial charge in [-0.2, -0.15) is 0 Å². The highest BCUT2D eigenvalue weighted by Gasteiger charge is 2.17. The fourth-order valence-electron chi connectivity index (χ4n) is 1.32. The zero-order chi connectivity index (χ0) is 14.4. The topological polar surface area (TPSA) is 91.8 Å². The van der Waals surface area contributed by atoms with Crippen molar-refractivity contribution in [3.8, 4) is 0 Å². The summed E-state index contributed by atoms with van der Waals surface area (Å²) in [5, 5.41) is 11.8. The number of rotatable bonds is 5. The number of nitrogens with zero attached hydrogens (tertiary/aromatic N) is 2. The molecule has 1 rings (SSSR count). The third-order valence-electron chi connectivity index (χ3n) is 2.40. The first-order valence-electron chi connectivity index (χ1n) is 5.63. The van der Waals surface area contributed by atoms with Crippen molar-refractivity contribution in [1.29, 1.82) is 0 Å². The molecule has 0 saturated heterocycles. The van der Waals surface area contributed by atoms with E-state index in [-0.39, 0.29) is 6.54 Å². The van der Waals surface area contributed by atoms with E-state index >= 15 is 0 Å². The third-order valence-corrected chi connectivity index (χ3v) is 2.40. The van der Waals surface area contributed by atoms with Crippen molar-refractivity contribution in [2.45, 2.75) is 6.10 Å². The number of hydrogen-bond donors (Lipinski definition) is 2. The molecule has 1 heterocycles. The number of pyridine rings is 1. The number of amides is 1. The summed E-state index contributed by atoms with van der Waals surface area (Å²) in [4.78, 5) is 28.6. The molecular weight excluding hydrogens is 250 g/mol. The third kappa shape index (κ3) is 4.22. The van der Waals surface area contributed by atoms with Crippen molar-refractivity contribution in [3.05, 3.63) is 23.9 Å². The number of carbonyl (C=O) groups is 2. The average Bonchev–Trinajstić information content (AvgIpc) is 2.43. The molecule has 1 aromatic rings.